The summed E-state index contributed by atoms with van der Waals surface area (Å²) in [6, 6.07) is 11.9. The molecule has 0 heterocycles. The van der Waals surface area contributed by atoms with Crippen molar-refractivity contribution < 1.29 is 0 Å². The summed E-state index contributed by atoms with van der Waals surface area (Å²) in [5.41, 5.74) is 9.00. The molecule has 1 atom stereocenters. The molecule has 1 aliphatic carbocycles. The van der Waals surface area contributed by atoms with Gasteiger partial charge in [0.05, 0.1) is 0 Å². The first-order valence-corrected chi connectivity index (χ1v) is 10.2. The van der Waals surface area contributed by atoms with Crippen molar-refractivity contribution in [2.75, 3.05) is 0 Å². The largest absolute Gasteiger partial charge is 0.0642 e. The molecule has 0 bridgehead atoms. The fourth-order valence-electron chi connectivity index (χ4n) is 3.96. The Morgan fingerprint density at radius 3 is 1.92 bits per heavy atom. The summed E-state index contributed by atoms with van der Waals surface area (Å²) >= 11 is 3.90. The van der Waals surface area contributed by atoms with E-state index < -0.39 is 0 Å². The lowest BCUT2D eigenvalue weighted by atomic mass is 9.74. The minimum absolute atomic E-state index is 0.0791. The van der Waals surface area contributed by atoms with Crippen molar-refractivity contribution in [2.45, 2.75) is 78.1 Å². The van der Waals surface area contributed by atoms with E-state index in [1.807, 2.05) is 0 Å². The van der Waals surface area contributed by atoms with Gasteiger partial charge in [-0.05, 0) is 51.1 Å². The molecular formula is C24H31Br. The van der Waals surface area contributed by atoms with Crippen molar-refractivity contribution >= 4 is 15.9 Å². The topological polar surface area (TPSA) is 0 Å². The monoisotopic (exact) mass is 398 g/mol. The summed E-state index contributed by atoms with van der Waals surface area (Å²) in [6.45, 7) is 18.5. The Bertz CT molecular complexity index is 830. The predicted octanol–water partition coefficient (Wildman–Crippen LogP) is 7.74. The van der Waals surface area contributed by atoms with Gasteiger partial charge in [0.15, 0.2) is 0 Å². The first kappa shape index (κ1) is 18.7. The molecule has 0 saturated heterocycles. The summed E-state index contributed by atoms with van der Waals surface area (Å²) in [5.74, 6) is 0. The normalized spacial score (nSPS) is 19.7. The lowest BCUT2D eigenvalue weighted by molar-refractivity contribution is 0.548. The molecule has 2 aromatic carbocycles. The molecule has 1 aliphatic rings. The van der Waals surface area contributed by atoms with Crippen molar-refractivity contribution in [2.24, 2.45) is 0 Å². The molecule has 0 fully saturated rings. The minimum Gasteiger partial charge on any atom is -0.0642 e. The van der Waals surface area contributed by atoms with Gasteiger partial charge in [-0.3, -0.25) is 0 Å². The number of benzene rings is 2. The minimum atomic E-state index is 0.0791. The Kier molecular flexibility index (Phi) is 4.27. The highest BCUT2D eigenvalue weighted by atomic mass is 79.9. The highest BCUT2D eigenvalue weighted by molar-refractivity contribution is 9.10. The number of rotatable bonds is 1. The van der Waals surface area contributed by atoms with Gasteiger partial charge in [0.1, 0.15) is 0 Å². The lowest BCUT2D eigenvalue weighted by Gasteiger charge is -2.29. The van der Waals surface area contributed by atoms with Crippen molar-refractivity contribution in [1.82, 2.24) is 0 Å². The molecule has 0 spiro atoms. The maximum absolute atomic E-state index is 3.90. The number of hydrogen-bond acceptors (Lipinski definition) is 0. The number of hydrogen-bond donors (Lipinski definition) is 0. The van der Waals surface area contributed by atoms with Crippen LogP contribution in [0.3, 0.4) is 0 Å². The van der Waals surface area contributed by atoms with E-state index in [4.69, 9.17) is 0 Å². The van der Waals surface area contributed by atoms with Crippen LogP contribution in [0.2, 0.25) is 0 Å². The summed E-state index contributed by atoms with van der Waals surface area (Å²) in [4.78, 5) is 0. The van der Waals surface area contributed by atoms with Gasteiger partial charge in [-0.1, -0.05) is 95.6 Å². The highest BCUT2D eigenvalue weighted by Gasteiger charge is 2.40. The van der Waals surface area contributed by atoms with Crippen LogP contribution < -0.4 is 0 Å². The fraction of sp³-hybridized carbons (Fsp3) is 0.500. The Balaban J connectivity index is 2.32. The molecule has 0 N–H and O–H groups in total. The third kappa shape index (κ3) is 2.89. The molecule has 134 valence electrons. The highest BCUT2D eigenvalue weighted by Crippen LogP contribution is 2.54. The van der Waals surface area contributed by atoms with Crippen LogP contribution in [0.15, 0.2) is 34.8 Å². The van der Waals surface area contributed by atoms with E-state index >= 15 is 0 Å². The molecule has 0 aromatic heterocycles. The maximum Gasteiger partial charge on any atom is 0.0259 e. The zero-order chi connectivity index (χ0) is 18.8. The first-order valence-electron chi connectivity index (χ1n) is 9.39. The standard InChI is InChI=1S/C24H31Br/c1-9-24(8)18-12-15(22(2,3)4)10-11-17(18)21-19(24)13-16(14-20(21)25)23(5,6)7/h10-14H,9H2,1-8H3. The van der Waals surface area contributed by atoms with Gasteiger partial charge in [0, 0.05) is 15.5 Å². The quantitative estimate of drug-likeness (QED) is 0.460. The van der Waals surface area contributed by atoms with Gasteiger partial charge in [0.2, 0.25) is 0 Å². The SMILES string of the molecule is CCC1(C)c2cc(C(C)(C)C)ccc2-c2c(Br)cc(C(C)(C)C)cc21. The molecule has 2 aromatic rings. The molecule has 25 heavy (non-hydrogen) atoms. The van der Waals surface area contributed by atoms with E-state index in [-0.39, 0.29) is 16.2 Å². The molecule has 0 radical (unpaired) electrons. The van der Waals surface area contributed by atoms with Crippen molar-refractivity contribution in [3.63, 3.8) is 0 Å². The molecule has 3 rings (SSSR count). The van der Waals surface area contributed by atoms with E-state index in [2.05, 4.69) is 102 Å². The van der Waals surface area contributed by atoms with E-state index in [1.165, 1.54) is 37.9 Å². The second kappa shape index (κ2) is 5.71. The second-order valence-corrected chi connectivity index (χ2v) is 10.7. The van der Waals surface area contributed by atoms with Gasteiger partial charge in [-0.25, -0.2) is 0 Å². The number of halogens is 1. The van der Waals surface area contributed by atoms with Crippen LogP contribution in [0.25, 0.3) is 11.1 Å². The van der Waals surface area contributed by atoms with Crippen molar-refractivity contribution in [1.29, 1.82) is 0 Å². The smallest absolute Gasteiger partial charge is 0.0259 e. The summed E-state index contributed by atoms with van der Waals surface area (Å²) < 4.78 is 1.23. The Morgan fingerprint density at radius 2 is 1.40 bits per heavy atom. The van der Waals surface area contributed by atoms with E-state index in [9.17, 15) is 0 Å². The molecule has 0 aliphatic heterocycles. The Morgan fingerprint density at radius 1 is 0.840 bits per heavy atom. The fourth-order valence-corrected chi connectivity index (χ4v) is 4.63. The van der Waals surface area contributed by atoms with Crippen LogP contribution in [-0.4, -0.2) is 0 Å². The van der Waals surface area contributed by atoms with E-state index in [1.54, 1.807) is 0 Å². The third-order valence-corrected chi connectivity index (χ3v) is 6.63. The summed E-state index contributed by atoms with van der Waals surface area (Å²) in [7, 11) is 0. The molecular weight excluding hydrogens is 368 g/mol. The number of fused-ring (bicyclic) bond motifs is 3. The molecule has 1 heteroatoms. The zero-order valence-electron chi connectivity index (χ0n) is 17.0. The van der Waals surface area contributed by atoms with Crippen LogP contribution in [0.5, 0.6) is 0 Å². The molecule has 0 amide bonds. The van der Waals surface area contributed by atoms with Crippen LogP contribution in [0.1, 0.15) is 84.1 Å². The zero-order valence-corrected chi connectivity index (χ0v) is 18.6. The van der Waals surface area contributed by atoms with Crippen LogP contribution in [0.4, 0.5) is 0 Å². The summed E-state index contributed by atoms with van der Waals surface area (Å²) in [5, 5.41) is 0. The van der Waals surface area contributed by atoms with Crippen LogP contribution in [-0.2, 0) is 16.2 Å². The van der Waals surface area contributed by atoms with Gasteiger partial charge >= 0.3 is 0 Å². The average molecular weight is 399 g/mol. The van der Waals surface area contributed by atoms with Gasteiger partial charge in [0.25, 0.3) is 0 Å². The second-order valence-electron chi connectivity index (χ2n) is 9.83. The first-order chi connectivity index (χ1) is 11.4. The third-order valence-electron chi connectivity index (χ3n) is 6.01. The van der Waals surface area contributed by atoms with Crippen LogP contribution in [0, 0.1) is 0 Å². The van der Waals surface area contributed by atoms with E-state index in [0.717, 1.165) is 6.42 Å². The maximum atomic E-state index is 3.90. The summed E-state index contributed by atoms with van der Waals surface area (Å²) in [6.07, 6.45) is 1.11. The van der Waals surface area contributed by atoms with Gasteiger partial charge in [-0.2, -0.15) is 0 Å². The van der Waals surface area contributed by atoms with Gasteiger partial charge < -0.3 is 0 Å². The Hall–Kier alpha value is -1.08. The lowest BCUT2D eigenvalue weighted by Crippen LogP contribution is -2.22. The predicted molar refractivity (Wildman–Crippen MR) is 114 cm³/mol. The van der Waals surface area contributed by atoms with E-state index in [0.29, 0.717) is 0 Å². The molecule has 1 unspecified atom stereocenters. The average Bonchev–Trinajstić information content (AvgIpc) is 2.76. The van der Waals surface area contributed by atoms with Gasteiger partial charge in [-0.15, -0.1) is 0 Å². The molecule has 0 nitrogen and oxygen atoms in total. The van der Waals surface area contributed by atoms with Crippen LogP contribution >= 0.6 is 15.9 Å². The van der Waals surface area contributed by atoms with Crippen molar-refractivity contribution in [3.8, 4) is 11.1 Å². The Labute approximate surface area is 162 Å². The van der Waals surface area contributed by atoms with Crippen molar-refractivity contribution in [3.05, 3.63) is 57.1 Å². The molecule has 0 saturated carbocycles.